The fourth-order valence-electron chi connectivity index (χ4n) is 8.27. The Labute approximate surface area is 184 Å². The minimum absolute atomic E-state index is 0.219. The molecule has 4 aliphatic rings. The van der Waals surface area contributed by atoms with Crippen LogP contribution in [0.15, 0.2) is 0 Å². The van der Waals surface area contributed by atoms with Gasteiger partial charge in [0, 0.05) is 25.6 Å². The average Bonchev–Trinajstić information content (AvgIpc) is 3.12. The first-order valence-electron chi connectivity index (χ1n) is 12.9. The highest BCUT2D eigenvalue weighted by atomic mass is 16.5. The molecule has 0 aromatic heterocycles. The molecule has 172 valence electrons. The fraction of sp³-hybridized carbons (Fsp3) is 0.962. The molecular weight excluding hydrogens is 374 g/mol. The Bertz CT molecular complexity index is 589. The van der Waals surface area contributed by atoms with Crippen molar-refractivity contribution in [2.75, 3.05) is 39.5 Å². The van der Waals surface area contributed by atoms with Gasteiger partial charge in [-0.25, -0.2) is 0 Å². The van der Waals surface area contributed by atoms with Crippen LogP contribution in [0.2, 0.25) is 0 Å². The molecule has 30 heavy (non-hydrogen) atoms. The molecule has 0 amide bonds. The van der Waals surface area contributed by atoms with Crippen LogP contribution in [0.3, 0.4) is 0 Å². The second-order valence-electron chi connectivity index (χ2n) is 11.4. The zero-order chi connectivity index (χ0) is 21.3. The van der Waals surface area contributed by atoms with Crippen molar-refractivity contribution in [2.45, 2.75) is 72.1 Å². The Morgan fingerprint density at radius 2 is 1.90 bits per heavy atom. The van der Waals surface area contributed by atoms with Gasteiger partial charge in [-0.2, -0.15) is 0 Å². The molecule has 4 fully saturated rings. The molecule has 0 bridgehead atoms. The van der Waals surface area contributed by atoms with E-state index in [1.54, 1.807) is 0 Å². The molecule has 4 nitrogen and oxygen atoms in total. The Kier molecular flexibility index (Phi) is 7.26. The number of ether oxygens (including phenoxy) is 1. The van der Waals surface area contributed by atoms with Crippen molar-refractivity contribution < 1.29 is 14.6 Å². The maximum Gasteiger partial charge on any atom is 0.150 e. The van der Waals surface area contributed by atoms with Gasteiger partial charge in [-0.05, 0) is 85.9 Å². The summed E-state index contributed by atoms with van der Waals surface area (Å²) in [6.07, 6.45) is 10.1. The smallest absolute Gasteiger partial charge is 0.150 e. The number of aliphatic hydroxyl groups is 1. The predicted molar refractivity (Wildman–Crippen MR) is 120 cm³/mol. The summed E-state index contributed by atoms with van der Waals surface area (Å²) < 4.78 is 5.47. The third-order valence-electron chi connectivity index (χ3n) is 9.90. The van der Waals surface area contributed by atoms with E-state index in [9.17, 15) is 9.90 Å². The molecule has 4 rings (SSSR count). The summed E-state index contributed by atoms with van der Waals surface area (Å²) in [5.41, 5.74) is 0.219. The van der Waals surface area contributed by atoms with E-state index in [1.807, 2.05) is 0 Å². The van der Waals surface area contributed by atoms with Gasteiger partial charge in [0.25, 0.3) is 0 Å². The Morgan fingerprint density at radius 3 is 2.60 bits per heavy atom. The maximum absolute atomic E-state index is 13.4. The second-order valence-corrected chi connectivity index (χ2v) is 11.4. The molecule has 4 heteroatoms. The SMILES string of the molecule is CC[C@@H]1CC[C@@H]2[C@H](CC[C@]3(C)[C@@H](C(=O)CN4CCOCC4)CC[C@@H]23)[C@H]1C[C@@H](C)CO. The molecule has 3 saturated carbocycles. The number of hydrogen-bond acceptors (Lipinski definition) is 4. The van der Waals surface area contributed by atoms with Crippen LogP contribution in [0.4, 0.5) is 0 Å². The van der Waals surface area contributed by atoms with E-state index in [1.165, 1.54) is 44.9 Å². The van der Waals surface area contributed by atoms with Crippen LogP contribution in [-0.4, -0.2) is 55.2 Å². The molecule has 0 radical (unpaired) electrons. The van der Waals surface area contributed by atoms with Crippen LogP contribution >= 0.6 is 0 Å². The summed E-state index contributed by atoms with van der Waals surface area (Å²) in [6, 6.07) is 0. The largest absolute Gasteiger partial charge is 0.396 e. The second kappa shape index (κ2) is 9.58. The highest BCUT2D eigenvalue weighted by Crippen LogP contribution is 2.63. The summed E-state index contributed by atoms with van der Waals surface area (Å²) in [5.74, 6) is 5.18. The number of nitrogens with zero attached hydrogens (tertiary/aromatic N) is 1. The molecular formula is C26H45NO3. The molecule has 8 atom stereocenters. The molecule has 0 unspecified atom stereocenters. The number of carbonyl (C=O) groups is 1. The minimum Gasteiger partial charge on any atom is -0.396 e. The zero-order valence-corrected chi connectivity index (χ0v) is 19.7. The molecule has 1 aliphatic heterocycles. The molecule has 0 aromatic carbocycles. The van der Waals surface area contributed by atoms with Crippen LogP contribution in [0.1, 0.15) is 72.1 Å². The average molecular weight is 420 g/mol. The van der Waals surface area contributed by atoms with Crippen LogP contribution in [0.5, 0.6) is 0 Å². The third kappa shape index (κ3) is 4.26. The fourth-order valence-corrected chi connectivity index (χ4v) is 8.27. The number of morpholine rings is 1. The number of rotatable bonds is 7. The molecule has 1 N–H and O–H groups in total. The van der Waals surface area contributed by atoms with E-state index >= 15 is 0 Å². The number of hydrogen-bond donors (Lipinski definition) is 1. The lowest BCUT2D eigenvalue weighted by Gasteiger charge is -2.55. The number of aliphatic hydroxyl groups excluding tert-OH is 1. The van der Waals surface area contributed by atoms with E-state index in [-0.39, 0.29) is 11.3 Å². The van der Waals surface area contributed by atoms with Gasteiger partial charge in [-0.1, -0.05) is 27.2 Å². The summed E-state index contributed by atoms with van der Waals surface area (Å²) in [6.45, 7) is 11.4. The standard InChI is InChI=1S/C26H45NO3/c1-4-19-5-6-21-20(22(19)15-18(2)17-28)9-10-26(3)23(21)7-8-24(26)25(29)16-27-11-13-30-14-12-27/h18-24,28H,4-17H2,1-3H3/t18-,19-,20+,21-,22+,23+,24-,26+/m1/s1. The molecule has 3 aliphatic carbocycles. The summed E-state index contributed by atoms with van der Waals surface area (Å²) in [5, 5.41) is 9.69. The van der Waals surface area contributed by atoms with Crippen molar-refractivity contribution in [3.05, 3.63) is 0 Å². The maximum atomic E-state index is 13.4. The number of carbonyl (C=O) groups excluding carboxylic acids is 1. The minimum atomic E-state index is 0.219. The summed E-state index contributed by atoms with van der Waals surface area (Å²) in [4.78, 5) is 15.7. The first-order valence-corrected chi connectivity index (χ1v) is 12.9. The van der Waals surface area contributed by atoms with E-state index in [0.29, 0.717) is 24.9 Å². The highest BCUT2D eigenvalue weighted by molar-refractivity contribution is 5.84. The number of ketones is 1. The van der Waals surface area contributed by atoms with Crippen molar-refractivity contribution in [1.29, 1.82) is 0 Å². The summed E-state index contributed by atoms with van der Waals surface area (Å²) in [7, 11) is 0. The summed E-state index contributed by atoms with van der Waals surface area (Å²) >= 11 is 0. The Morgan fingerprint density at radius 1 is 1.13 bits per heavy atom. The molecule has 1 saturated heterocycles. The molecule has 0 spiro atoms. The van der Waals surface area contributed by atoms with Gasteiger partial charge < -0.3 is 9.84 Å². The van der Waals surface area contributed by atoms with Crippen molar-refractivity contribution in [3.8, 4) is 0 Å². The van der Waals surface area contributed by atoms with Gasteiger partial charge >= 0.3 is 0 Å². The van der Waals surface area contributed by atoms with E-state index in [0.717, 1.165) is 62.3 Å². The van der Waals surface area contributed by atoms with Crippen LogP contribution in [0.25, 0.3) is 0 Å². The highest BCUT2D eigenvalue weighted by Gasteiger charge is 2.57. The third-order valence-corrected chi connectivity index (χ3v) is 9.90. The lowest BCUT2D eigenvalue weighted by atomic mass is 9.50. The zero-order valence-electron chi connectivity index (χ0n) is 19.7. The first-order chi connectivity index (χ1) is 14.5. The number of fused-ring (bicyclic) bond motifs is 3. The van der Waals surface area contributed by atoms with Crippen LogP contribution < -0.4 is 0 Å². The van der Waals surface area contributed by atoms with Crippen molar-refractivity contribution in [3.63, 3.8) is 0 Å². The predicted octanol–water partition coefficient (Wildman–Crippen LogP) is 4.40. The lowest BCUT2D eigenvalue weighted by molar-refractivity contribution is -0.132. The molecule has 1 heterocycles. The quantitative estimate of drug-likeness (QED) is 0.664. The van der Waals surface area contributed by atoms with Gasteiger partial charge in [0.15, 0.2) is 0 Å². The number of Topliss-reactive ketones (excluding diaryl/α,β-unsaturated/α-hetero) is 1. The topological polar surface area (TPSA) is 49.8 Å². The van der Waals surface area contributed by atoms with Crippen LogP contribution in [0, 0.1) is 46.8 Å². The van der Waals surface area contributed by atoms with Crippen LogP contribution in [-0.2, 0) is 9.53 Å². The normalized spacial score (nSPS) is 43.1. The Balaban J connectivity index is 1.46. The van der Waals surface area contributed by atoms with E-state index in [4.69, 9.17) is 4.74 Å². The van der Waals surface area contributed by atoms with Gasteiger partial charge in [-0.15, -0.1) is 0 Å². The van der Waals surface area contributed by atoms with Gasteiger partial charge in [-0.3, -0.25) is 9.69 Å². The van der Waals surface area contributed by atoms with Crippen molar-refractivity contribution in [2.24, 2.45) is 46.8 Å². The first kappa shape index (κ1) is 22.7. The van der Waals surface area contributed by atoms with Gasteiger partial charge in [0.2, 0.25) is 0 Å². The lowest BCUT2D eigenvalue weighted by Crippen LogP contribution is -2.50. The van der Waals surface area contributed by atoms with Crippen molar-refractivity contribution >= 4 is 5.78 Å². The molecule has 0 aromatic rings. The van der Waals surface area contributed by atoms with Crippen molar-refractivity contribution in [1.82, 2.24) is 4.90 Å². The Hall–Kier alpha value is -0.450. The van der Waals surface area contributed by atoms with Gasteiger partial charge in [0.05, 0.1) is 19.8 Å². The van der Waals surface area contributed by atoms with E-state index in [2.05, 4.69) is 25.7 Å². The van der Waals surface area contributed by atoms with Gasteiger partial charge in [0.1, 0.15) is 5.78 Å². The monoisotopic (exact) mass is 419 g/mol. The van der Waals surface area contributed by atoms with E-state index < -0.39 is 0 Å².